The smallest absolute Gasteiger partial charge is 0.338 e. The molecule has 1 aromatic rings. The van der Waals surface area contributed by atoms with Gasteiger partial charge in [0.05, 0.1) is 5.56 Å². The molecule has 8 heteroatoms. The maximum Gasteiger partial charge on any atom is 0.338 e. The zero-order valence-corrected chi connectivity index (χ0v) is 12.9. The first-order valence-electron chi connectivity index (χ1n) is 6.14. The largest absolute Gasteiger partial charge is 0.478 e. The van der Waals surface area contributed by atoms with Crippen LogP contribution in [0.2, 0.25) is 0 Å². The second kappa shape index (κ2) is 5.92. The Hall–Kier alpha value is -1.41. The number of aryl methyl sites for hydroxylation is 1. The molecule has 1 aromatic heterocycles. The van der Waals surface area contributed by atoms with Gasteiger partial charge in [0.1, 0.15) is 5.00 Å². The Balaban J connectivity index is 2.14. The van der Waals surface area contributed by atoms with Gasteiger partial charge in [0.25, 0.3) is 0 Å². The summed E-state index contributed by atoms with van der Waals surface area (Å²) in [5, 5.41) is 12.2. The molecule has 1 aliphatic heterocycles. The summed E-state index contributed by atoms with van der Waals surface area (Å²) in [5.74, 6) is -0.0921. The summed E-state index contributed by atoms with van der Waals surface area (Å²) >= 11 is 1.26. The molecule has 1 aliphatic rings. The maximum atomic E-state index is 12.1. The molecule has 0 aliphatic carbocycles. The van der Waals surface area contributed by atoms with E-state index in [9.17, 15) is 18.9 Å². The Morgan fingerprint density at radius 2 is 1.90 bits per heavy atom. The molecule has 0 atom stereocenters. The molecule has 110 valence electrons. The number of aromatic carboxylic acids is 1. The van der Waals surface area contributed by atoms with Crippen LogP contribution in [-0.4, -0.2) is 50.8 Å². The highest BCUT2D eigenvalue weighted by Crippen LogP contribution is 2.32. The number of hydrogen-bond acceptors (Lipinski definition) is 4. The first-order chi connectivity index (χ1) is 9.40. The Kier molecular flexibility index (Phi) is 4.44. The lowest BCUT2D eigenvalue weighted by atomic mass is 10.1. The number of urea groups is 1. The number of nitrogens with one attached hydrogen (secondary N) is 1. The highest BCUT2D eigenvalue weighted by Gasteiger charge is 2.24. The number of carboxylic acids is 1. The van der Waals surface area contributed by atoms with Crippen molar-refractivity contribution in [3.8, 4) is 0 Å². The predicted octanol–water partition coefficient (Wildman–Crippen LogP) is 1.66. The van der Waals surface area contributed by atoms with Crippen molar-refractivity contribution in [2.24, 2.45) is 0 Å². The standard InChI is InChI=1S/C12H16N2O4S2/c1-7-8(2)19-10(9(7)11(15)16)13-12(17)14-3-5-20(18)6-4-14/h3-6H2,1-2H3,(H,13,17)(H,15,16). The van der Waals surface area contributed by atoms with Gasteiger partial charge in [0.2, 0.25) is 0 Å². The van der Waals surface area contributed by atoms with Crippen molar-refractivity contribution >= 4 is 39.1 Å². The van der Waals surface area contributed by atoms with Gasteiger partial charge in [-0.2, -0.15) is 0 Å². The van der Waals surface area contributed by atoms with Crippen molar-refractivity contribution in [3.05, 3.63) is 16.0 Å². The van der Waals surface area contributed by atoms with E-state index < -0.39 is 16.8 Å². The number of thiophene rings is 1. The van der Waals surface area contributed by atoms with Crippen LogP contribution in [0.15, 0.2) is 0 Å². The topological polar surface area (TPSA) is 86.7 Å². The molecular formula is C12H16N2O4S2. The summed E-state index contributed by atoms with van der Waals surface area (Å²) < 4.78 is 11.3. The summed E-state index contributed by atoms with van der Waals surface area (Å²) in [6.07, 6.45) is 0. The normalized spacial score (nSPS) is 16.2. The monoisotopic (exact) mass is 316 g/mol. The summed E-state index contributed by atoms with van der Waals surface area (Å²) in [6, 6.07) is -0.328. The van der Waals surface area contributed by atoms with Crippen molar-refractivity contribution in [1.29, 1.82) is 0 Å². The van der Waals surface area contributed by atoms with Crippen LogP contribution in [0.4, 0.5) is 9.80 Å². The van der Waals surface area contributed by atoms with E-state index in [4.69, 9.17) is 0 Å². The number of amides is 2. The molecule has 2 rings (SSSR count). The van der Waals surface area contributed by atoms with E-state index >= 15 is 0 Å². The third-order valence-electron chi connectivity index (χ3n) is 3.28. The highest BCUT2D eigenvalue weighted by atomic mass is 32.2. The lowest BCUT2D eigenvalue weighted by Gasteiger charge is -2.26. The molecule has 0 unspecified atom stereocenters. The quantitative estimate of drug-likeness (QED) is 0.869. The first-order valence-corrected chi connectivity index (χ1v) is 8.44. The minimum absolute atomic E-state index is 0.154. The van der Waals surface area contributed by atoms with E-state index in [1.807, 2.05) is 6.92 Å². The minimum atomic E-state index is -1.04. The second-order valence-corrected chi connectivity index (χ2v) is 7.48. The van der Waals surface area contributed by atoms with Gasteiger partial charge in [0, 0.05) is 40.3 Å². The summed E-state index contributed by atoms with van der Waals surface area (Å²) in [7, 11) is -0.848. The third-order valence-corrected chi connectivity index (χ3v) is 5.68. The molecule has 6 nitrogen and oxygen atoms in total. The third kappa shape index (κ3) is 3.01. The van der Waals surface area contributed by atoms with E-state index in [1.165, 1.54) is 11.3 Å². The van der Waals surface area contributed by atoms with E-state index in [0.29, 0.717) is 35.2 Å². The minimum Gasteiger partial charge on any atom is -0.478 e. The molecule has 2 amide bonds. The number of nitrogens with zero attached hydrogens (tertiary/aromatic N) is 1. The van der Waals surface area contributed by atoms with E-state index in [1.54, 1.807) is 11.8 Å². The van der Waals surface area contributed by atoms with Gasteiger partial charge >= 0.3 is 12.0 Å². The lowest BCUT2D eigenvalue weighted by molar-refractivity contribution is 0.0697. The Labute approximate surface area is 123 Å². The zero-order chi connectivity index (χ0) is 14.9. The number of hydrogen-bond donors (Lipinski definition) is 2. The van der Waals surface area contributed by atoms with Crippen LogP contribution in [0, 0.1) is 13.8 Å². The fourth-order valence-corrected chi connectivity index (χ4v) is 4.08. The highest BCUT2D eigenvalue weighted by molar-refractivity contribution is 7.85. The van der Waals surface area contributed by atoms with E-state index in [-0.39, 0.29) is 11.6 Å². The average Bonchev–Trinajstić information content (AvgIpc) is 2.65. The van der Waals surface area contributed by atoms with Gasteiger partial charge in [-0.3, -0.25) is 9.53 Å². The molecular weight excluding hydrogens is 300 g/mol. The SMILES string of the molecule is Cc1sc(NC(=O)N2CCS(=O)CC2)c(C(=O)O)c1C. The van der Waals surface area contributed by atoms with Crippen LogP contribution in [0.5, 0.6) is 0 Å². The van der Waals surface area contributed by atoms with Crippen molar-refractivity contribution in [2.75, 3.05) is 29.9 Å². The van der Waals surface area contributed by atoms with Crippen LogP contribution in [0.1, 0.15) is 20.8 Å². The first kappa shape index (κ1) is 15.0. The van der Waals surface area contributed by atoms with Gasteiger partial charge in [-0.15, -0.1) is 11.3 Å². The molecule has 0 aromatic carbocycles. The molecule has 2 heterocycles. The fraction of sp³-hybridized carbons (Fsp3) is 0.500. The van der Waals surface area contributed by atoms with Crippen LogP contribution in [0.3, 0.4) is 0 Å². The number of carboxylic acid groups (broad SMARTS) is 1. The summed E-state index contributed by atoms with van der Waals surface area (Å²) in [4.78, 5) is 25.8. The van der Waals surface area contributed by atoms with Crippen LogP contribution < -0.4 is 5.32 Å². The summed E-state index contributed by atoms with van der Waals surface area (Å²) in [6.45, 7) is 4.43. The second-order valence-electron chi connectivity index (χ2n) is 4.56. The van der Waals surface area contributed by atoms with Crippen molar-refractivity contribution < 1.29 is 18.9 Å². The average molecular weight is 316 g/mol. The van der Waals surface area contributed by atoms with Crippen molar-refractivity contribution in [1.82, 2.24) is 4.90 Å². The van der Waals surface area contributed by atoms with Crippen LogP contribution in [0.25, 0.3) is 0 Å². The number of rotatable bonds is 2. The molecule has 0 radical (unpaired) electrons. The fourth-order valence-electron chi connectivity index (χ4n) is 1.99. The van der Waals surface area contributed by atoms with Gasteiger partial charge in [0.15, 0.2) is 0 Å². The Morgan fingerprint density at radius 1 is 1.30 bits per heavy atom. The molecule has 0 spiro atoms. The maximum absolute atomic E-state index is 12.1. The van der Waals surface area contributed by atoms with Gasteiger partial charge in [-0.25, -0.2) is 9.59 Å². The van der Waals surface area contributed by atoms with Crippen molar-refractivity contribution in [3.63, 3.8) is 0 Å². The van der Waals surface area contributed by atoms with Crippen LogP contribution >= 0.6 is 11.3 Å². The van der Waals surface area contributed by atoms with E-state index in [2.05, 4.69) is 5.32 Å². The summed E-state index contributed by atoms with van der Waals surface area (Å²) in [5.41, 5.74) is 0.832. The van der Waals surface area contributed by atoms with Gasteiger partial charge in [-0.1, -0.05) is 0 Å². The molecule has 1 saturated heterocycles. The zero-order valence-electron chi connectivity index (χ0n) is 11.3. The predicted molar refractivity (Wildman–Crippen MR) is 79.2 cm³/mol. The number of carbonyl (C=O) groups excluding carboxylic acids is 1. The number of carbonyl (C=O) groups is 2. The molecule has 0 bridgehead atoms. The molecule has 2 N–H and O–H groups in total. The lowest BCUT2D eigenvalue weighted by Crippen LogP contribution is -2.44. The molecule has 0 saturated carbocycles. The molecule has 20 heavy (non-hydrogen) atoms. The van der Waals surface area contributed by atoms with Gasteiger partial charge < -0.3 is 10.0 Å². The van der Waals surface area contributed by atoms with Crippen LogP contribution in [-0.2, 0) is 10.8 Å². The van der Waals surface area contributed by atoms with E-state index in [0.717, 1.165) is 4.88 Å². The Morgan fingerprint density at radius 3 is 2.45 bits per heavy atom. The molecule has 1 fully saturated rings. The van der Waals surface area contributed by atoms with Gasteiger partial charge in [-0.05, 0) is 19.4 Å². The van der Waals surface area contributed by atoms with Crippen molar-refractivity contribution in [2.45, 2.75) is 13.8 Å². The number of anilines is 1. The Bertz CT molecular complexity index is 572.